The second kappa shape index (κ2) is 7.30. The lowest BCUT2D eigenvalue weighted by atomic mass is 10.2. The number of rotatable bonds is 1. The Hall–Kier alpha value is -1.12. The second-order valence-corrected chi connectivity index (χ2v) is 2.84. The molecule has 2 fully saturated rings. The molecule has 2 aliphatic heterocycles. The van der Waals surface area contributed by atoms with E-state index in [4.69, 9.17) is 0 Å². The lowest BCUT2D eigenvalue weighted by molar-refractivity contribution is 0.475. The molecule has 1 aromatic carbocycles. The molecule has 0 unspecified atom stereocenters. The largest absolute Gasteiger partial charge is 0.377 e. The van der Waals surface area contributed by atoms with Gasteiger partial charge in [-0.25, -0.2) is 0 Å². The van der Waals surface area contributed by atoms with Gasteiger partial charge in [0.25, 0.3) is 0 Å². The van der Waals surface area contributed by atoms with Gasteiger partial charge in [0, 0.05) is 0 Å². The van der Waals surface area contributed by atoms with Crippen molar-refractivity contribution in [3.63, 3.8) is 0 Å². The van der Waals surface area contributed by atoms with Crippen molar-refractivity contribution in [2.24, 2.45) is 0 Å². The molecule has 0 amide bonds. The Bertz CT molecular complexity index is 228. The van der Waals surface area contributed by atoms with Gasteiger partial charge in [0.05, 0.1) is 26.4 Å². The summed E-state index contributed by atoms with van der Waals surface area (Å²) >= 11 is 0. The van der Waals surface area contributed by atoms with E-state index in [1.165, 1.54) is 5.56 Å². The molecule has 0 radical (unpaired) electrons. The van der Waals surface area contributed by atoms with Crippen LogP contribution in [0.5, 0.6) is 0 Å². The van der Waals surface area contributed by atoms with Crippen LogP contribution in [0.3, 0.4) is 0 Å². The first-order valence-electron chi connectivity index (χ1n) is 4.76. The van der Waals surface area contributed by atoms with Gasteiger partial charge in [-0.15, -0.1) is 0 Å². The first kappa shape index (κ1) is 11.0. The van der Waals surface area contributed by atoms with Crippen molar-refractivity contribution in [3.05, 3.63) is 42.5 Å². The molecule has 0 spiro atoms. The Kier molecular flexibility index (Phi) is 5.71. The lowest BCUT2D eigenvalue weighted by Crippen LogP contribution is -1.63. The molecular formula is C12H16O2. The highest BCUT2D eigenvalue weighted by atomic mass is 16.6. The molecule has 2 nitrogen and oxygen atoms in total. The standard InChI is InChI=1S/C8H8.2C2H4O/c1-2-8-6-4-3-5-7-8;2*1-2-3-1/h2-7H,1H2;2*1-2H2. The summed E-state index contributed by atoms with van der Waals surface area (Å²) in [6.07, 6.45) is 1.83. The Balaban J connectivity index is 0.000000132. The van der Waals surface area contributed by atoms with Gasteiger partial charge in [0.2, 0.25) is 0 Å². The van der Waals surface area contributed by atoms with E-state index in [2.05, 4.69) is 16.1 Å². The van der Waals surface area contributed by atoms with Crippen LogP contribution in [0.25, 0.3) is 6.08 Å². The first-order valence-corrected chi connectivity index (χ1v) is 4.76. The van der Waals surface area contributed by atoms with Gasteiger partial charge in [-0.05, 0) is 5.56 Å². The van der Waals surface area contributed by atoms with Crippen molar-refractivity contribution < 1.29 is 9.47 Å². The van der Waals surface area contributed by atoms with E-state index in [-0.39, 0.29) is 0 Å². The van der Waals surface area contributed by atoms with Crippen LogP contribution in [-0.2, 0) is 9.47 Å². The molecule has 14 heavy (non-hydrogen) atoms. The Morgan fingerprint density at radius 3 is 1.57 bits per heavy atom. The van der Waals surface area contributed by atoms with Gasteiger partial charge >= 0.3 is 0 Å². The van der Waals surface area contributed by atoms with E-state index in [1.54, 1.807) is 0 Å². The summed E-state index contributed by atoms with van der Waals surface area (Å²) in [5, 5.41) is 0. The molecule has 2 heterocycles. The smallest absolute Gasteiger partial charge is 0.0701 e. The molecule has 0 bridgehead atoms. The molecule has 0 saturated carbocycles. The maximum atomic E-state index is 4.50. The summed E-state index contributed by atoms with van der Waals surface area (Å²) in [6, 6.07) is 10.0. The van der Waals surface area contributed by atoms with Gasteiger partial charge in [0.1, 0.15) is 0 Å². The molecule has 0 N–H and O–H groups in total. The number of ether oxygens (including phenoxy) is 2. The van der Waals surface area contributed by atoms with E-state index in [9.17, 15) is 0 Å². The molecule has 2 heteroatoms. The zero-order chi connectivity index (χ0) is 10.1. The first-order chi connectivity index (χ1) is 6.93. The van der Waals surface area contributed by atoms with Gasteiger partial charge in [-0.2, -0.15) is 0 Å². The van der Waals surface area contributed by atoms with E-state index in [0.717, 1.165) is 26.4 Å². The van der Waals surface area contributed by atoms with Gasteiger partial charge < -0.3 is 9.47 Å². The van der Waals surface area contributed by atoms with Crippen LogP contribution >= 0.6 is 0 Å². The Morgan fingerprint density at radius 2 is 1.36 bits per heavy atom. The summed E-state index contributed by atoms with van der Waals surface area (Å²) in [7, 11) is 0. The highest BCUT2D eigenvalue weighted by molar-refractivity contribution is 5.45. The third-order valence-electron chi connectivity index (χ3n) is 1.44. The molecule has 0 aliphatic carbocycles. The Labute approximate surface area is 85.2 Å². The molecule has 76 valence electrons. The molecule has 2 aliphatic rings. The lowest BCUT2D eigenvalue weighted by Gasteiger charge is -1.85. The number of hydrogen-bond donors (Lipinski definition) is 0. The number of hydrogen-bond acceptors (Lipinski definition) is 2. The van der Waals surface area contributed by atoms with Crippen LogP contribution in [0.1, 0.15) is 5.56 Å². The minimum Gasteiger partial charge on any atom is -0.377 e. The van der Waals surface area contributed by atoms with E-state index in [0.29, 0.717) is 0 Å². The highest BCUT2D eigenvalue weighted by Crippen LogP contribution is 1.97. The molecule has 0 aromatic heterocycles. The van der Waals surface area contributed by atoms with Crippen LogP contribution < -0.4 is 0 Å². The van der Waals surface area contributed by atoms with Crippen LogP contribution in [0.2, 0.25) is 0 Å². The zero-order valence-electron chi connectivity index (χ0n) is 8.32. The normalized spacial score (nSPS) is 15.1. The summed E-state index contributed by atoms with van der Waals surface area (Å²) in [5.74, 6) is 0. The average Bonchev–Trinajstić information content (AvgIpc) is 3.14. The van der Waals surface area contributed by atoms with Crippen molar-refractivity contribution in [2.45, 2.75) is 0 Å². The van der Waals surface area contributed by atoms with E-state index >= 15 is 0 Å². The number of epoxide rings is 2. The van der Waals surface area contributed by atoms with Gasteiger partial charge in [-0.1, -0.05) is 43.0 Å². The Morgan fingerprint density at radius 1 is 0.929 bits per heavy atom. The third-order valence-corrected chi connectivity index (χ3v) is 1.44. The van der Waals surface area contributed by atoms with Crippen LogP contribution in [0.15, 0.2) is 36.9 Å². The summed E-state index contributed by atoms with van der Waals surface area (Å²) in [5.41, 5.74) is 1.17. The summed E-state index contributed by atoms with van der Waals surface area (Å²) in [6.45, 7) is 7.63. The molecule has 1 aromatic rings. The average molecular weight is 192 g/mol. The highest BCUT2D eigenvalue weighted by Gasteiger charge is 1.94. The monoisotopic (exact) mass is 192 g/mol. The van der Waals surface area contributed by atoms with Crippen molar-refractivity contribution >= 4 is 6.08 Å². The van der Waals surface area contributed by atoms with Crippen molar-refractivity contribution in [1.29, 1.82) is 0 Å². The summed E-state index contributed by atoms with van der Waals surface area (Å²) < 4.78 is 9.00. The zero-order valence-corrected chi connectivity index (χ0v) is 8.32. The van der Waals surface area contributed by atoms with Crippen LogP contribution in [0.4, 0.5) is 0 Å². The van der Waals surface area contributed by atoms with E-state index < -0.39 is 0 Å². The van der Waals surface area contributed by atoms with Gasteiger partial charge in [0.15, 0.2) is 0 Å². The summed E-state index contributed by atoms with van der Waals surface area (Å²) in [4.78, 5) is 0. The molecule has 3 rings (SSSR count). The topological polar surface area (TPSA) is 25.1 Å². The quantitative estimate of drug-likeness (QED) is 0.638. The maximum absolute atomic E-state index is 4.50. The minimum absolute atomic E-state index is 1.00. The third kappa shape index (κ3) is 8.97. The fourth-order valence-electron chi connectivity index (χ4n) is 0.589. The predicted molar refractivity (Wildman–Crippen MR) is 58.2 cm³/mol. The predicted octanol–water partition coefficient (Wildman–Crippen LogP) is 2.36. The fraction of sp³-hybridized carbons (Fsp3) is 0.333. The molecule has 2 saturated heterocycles. The van der Waals surface area contributed by atoms with Crippen LogP contribution in [0, 0.1) is 0 Å². The second-order valence-electron chi connectivity index (χ2n) is 2.84. The minimum atomic E-state index is 1.00. The van der Waals surface area contributed by atoms with Gasteiger partial charge in [-0.3, -0.25) is 0 Å². The van der Waals surface area contributed by atoms with Crippen molar-refractivity contribution in [2.75, 3.05) is 26.4 Å². The molecular weight excluding hydrogens is 176 g/mol. The molecule has 0 atom stereocenters. The van der Waals surface area contributed by atoms with Crippen molar-refractivity contribution in [3.8, 4) is 0 Å². The fourth-order valence-corrected chi connectivity index (χ4v) is 0.589. The maximum Gasteiger partial charge on any atom is 0.0701 e. The number of benzene rings is 1. The van der Waals surface area contributed by atoms with Crippen molar-refractivity contribution in [1.82, 2.24) is 0 Å². The van der Waals surface area contributed by atoms with E-state index in [1.807, 2.05) is 36.4 Å². The SMILES string of the molecule is C1CO1.C1CO1.C=Cc1ccccc1. The van der Waals surface area contributed by atoms with Crippen LogP contribution in [-0.4, -0.2) is 26.4 Å².